The predicted octanol–water partition coefficient (Wildman–Crippen LogP) is 3.69. The number of benzene rings is 1. The van der Waals surface area contributed by atoms with Gasteiger partial charge in [0.15, 0.2) is 0 Å². The van der Waals surface area contributed by atoms with Gasteiger partial charge in [-0.25, -0.2) is 0 Å². The zero-order chi connectivity index (χ0) is 15.1. The fraction of sp³-hybridized carbons (Fsp3) is 0.176. The fourth-order valence-corrected chi connectivity index (χ4v) is 3.01. The first-order valence-electron chi connectivity index (χ1n) is 7.19. The first-order valence-corrected chi connectivity index (χ1v) is 7.19. The highest BCUT2D eigenvalue weighted by molar-refractivity contribution is 5.98. The van der Waals surface area contributed by atoms with E-state index in [1.54, 1.807) is 12.5 Å². The first-order chi connectivity index (χ1) is 10.7. The molecule has 1 unspecified atom stereocenters. The van der Waals surface area contributed by atoms with Crippen LogP contribution in [0, 0.1) is 0 Å². The molecule has 3 heterocycles. The molecule has 5 nitrogen and oxygen atoms in total. The van der Waals surface area contributed by atoms with Gasteiger partial charge in [0.2, 0.25) is 5.91 Å². The van der Waals surface area contributed by atoms with E-state index in [1.165, 1.54) is 0 Å². The Morgan fingerprint density at radius 1 is 1.45 bits per heavy atom. The number of carbonyl (C=O) groups is 1. The minimum atomic E-state index is 0.0311. The van der Waals surface area contributed by atoms with Crippen molar-refractivity contribution in [1.82, 2.24) is 10.2 Å². The van der Waals surface area contributed by atoms with E-state index in [4.69, 9.17) is 4.42 Å². The monoisotopic (exact) mass is 293 g/mol. The third kappa shape index (κ3) is 2.11. The number of allylic oxidation sites excluding steroid dienone is 1. The Morgan fingerprint density at radius 2 is 2.36 bits per heavy atom. The quantitative estimate of drug-likeness (QED) is 0.757. The number of H-pyrrole nitrogens is 1. The lowest BCUT2D eigenvalue weighted by Crippen LogP contribution is -2.23. The van der Waals surface area contributed by atoms with Crippen LogP contribution in [0.2, 0.25) is 0 Å². The highest BCUT2D eigenvalue weighted by atomic mass is 16.3. The van der Waals surface area contributed by atoms with E-state index in [2.05, 4.69) is 21.6 Å². The van der Waals surface area contributed by atoms with Gasteiger partial charge >= 0.3 is 0 Å². The van der Waals surface area contributed by atoms with Crippen molar-refractivity contribution in [1.29, 1.82) is 0 Å². The summed E-state index contributed by atoms with van der Waals surface area (Å²) in [6.45, 7) is 2.04. The molecular formula is C17H15N3O2. The van der Waals surface area contributed by atoms with Gasteiger partial charge in [0, 0.05) is 23.4 Å². The molecule has 0 aliphatic carbocycles. The van der Waals surface area contributed by atoms with Crippen LogP contribution in [-0.2, 0) is 4.79 Å². The van der Waals surface area contributed by atoms with Gasteiger partial charge in [0.05, 0.1) is 18.0 Å². The predicted molar refractivity (Wildman–Crippen MR) is 84.4 cm³/mol. The Labute approximate surface area is 127 Å². The van der Waals surface area contributed by atoms with Crippen LogP contribution in [0.3, 0.4) is 0 Å². The molecule has 0 radical (unpaired) electrons. The molecule has 0 saturated heterocycles. The molecule has 0 bridgehead atoms. The van der Waals surface area contributed by atoms with E-state index < -0.39 is 0 Å². The summed E-state index contributed by atoms with van der Waals surface area (Å²) in [5.41, 5.74) is 4.00. The molecule has 4 rings (SSSR count). The van der Waals surface area contributed by atoms with E-state index in [9.17, 15) is 4.79 Å². The number of anilines is 1. The Hall–Kier alpha value is -2.82. The smallest absolute Gasteiger partial charge is 0.225 e. The summed E-state index contributed by atoms with van der Waals surface area (Å²) in [7, 11) is 0. The second-order valence-corrected chi connectivity index (χ2v) is 5.61. The van der Waals surface area contributed by atoms with Crippen LogP contribution < -0.4 is 5.32 Å². The third-order valence-electron chi connectivity index (χ3n) is 4.11. The third-order valence-corrected chi connectivity index (χ3v) is 4.11. The Bertz CT molecular complexity index is 875. The number of amides is 1. The summed E-state index contributed by atoms with van der Waals surface area (Å²) in [6, 6.07) is 7.81. The molecule has 1 atom stereocenters. The molecule has 1 aliphatic heterocycles. The van der Waals surface area contributed by atoms with Crippen molar-refractivity contribution in [2.75, 3.05) is 5.32 Å². The molecule has 110 valence electrons. The topological polar surface area (TPSA) is 70.9 Å². The Morgan fingerprint density at radius 3 is 3.18 bits per heavy atom. The second-order valence-electron chi connectivity index (χ2n) is 5.61. The minimum Gasteiger partial charge on any atom is -0.465 e. The summed E-state index contributed by atoms with van der Waals surface area (Å²) < 4.78 is 5.38. The van der Waals surface area contributed by atoms with Gasteiger partial charge in [0.1, 0.15) is 5.76 Å². The van der Waals surface area contributed by atoms with Gasteiger partial charge in [0.25, 0.3) is 0 Å². The van der Waals surface area contributed by atoms with Gasteiger partial charge < -0.3 is 9.73 Å². The van der Waals surface area contributed by atoms with E-state index in [0.29, 0.717) is 6.42 Å². The van der Waals surface area contributed by atoms with Crippen LogP contribution in [0.4, 0.5) is 5.69 Å². The molecule has 2 N–H and O–H groups in total. The average molecular weight is 293 g/mol. The maximum atomic E-state index is 12.0. The van der Waals surface area contributed by atoms with Gasteiger partial charge in [-0.3, -0.25) is 9.89 Å². The van der Waals surface area contributed by atoms with Crippen molar-refractivity contribution in [3.05, 3.63) is 53.6 Å². The Balaban J connectivity index is 1.82. The van der Waals surface area contributed by atoms with Crippen LogP contribution >= 0.6 is 0 Å². The highest BCUT2D eigenvalue weighted by Gasteiger charge is 2.27. The molecular weight excluding hydrogens is 278 g/mol. The second kappa shape index (κ2) is 4.87. The van der Waals surface area contributed by atoms with Crippen molar-refractivity contribution in [2.24, 2.45) is 0 Å². The standard InChI is InChI=1S/C17H15N3O2/c1-10(5-12-3-2-4-22-12)13-7-17(21)19-16-8-15-11(6-14(13)16)9-18-20-15/h2-6,8-9,13H,7H2,1H3,(H,18,20)(H,19,21)/b10-5+. The van der Waals surface area contributed by atoms with E-state index in [0.717, 1.165) is 33.5 Å². The number of hydrogen-bond acceptors (Lipinski definition) is 3. The van der Waals surface area contributed by atoms with Gasteiger partial charge in [-0.05, 0) is 42.8 Å². The van der Waals surface area contributed by atoms with E-state index in [-0.39, 0.29) is 11.8 Å². The van der Waals surface area contributed by atoms with Crippen molar-refractivity contribution < 1.29 is 9.21 Å². The summed E-state index contributed by atoms with van der Waals surface area (Å²) in [5.74, 6) is 0.881. The van der Waals surface area contributed by atoms with Crippen molar-refractivity contribution in [2.45, 2.75) is 19.3 Å². The van der Waals surface area contributed by atoms with Crippen LogP contribution in [0.1, 0.15) is 30.6 Å². The normalized spacial score (nSPS) is 18.3. The van der Waals surface area contributed by atoms with E-state index in [1.807, 2.05) is 31.2 Å². The molecule has 1 aromatic carbocycles. The maximum absolute atomic E-state index is 12.0. The fourth-order valence-electron chi connectivity index (χ4n) is 3.01. The summed E-state index contributed by atoms with van der Waals surface area (Å²) in [6.07, 6.45) is 5.89. The lowest BCUT2D eigenvalue weighted by atomic mass is 9.84. The number of hydrogen-bond donors (Lipinski definition) is 2. The molecule has 1 aliphatic rings. The van der Waals surface area contributed by atoms with Crippen molar-refractivity contribution in [3.8, 4) is 0 Å². The number of carbonyl (C=O) groups excluding carboxylic acids is 1. The SMILES string of the molecule is C/C(=C\c1ccco1)C1CC(=O)Nc2cc3[nH]ncc3cc21. The number of aromatic nitrogens is 2. The molecule has 3 aromatic rings. The van der Waals surface area contributed by atoms with Gasteiger partial charge in [-0.1, -0.05) is 5.57 Å². The number of aromatic amines is 1. The number of nitrogens with zero attached hydrogens (tertiary/aromatic N) is 1. The lowest BCUT2D eigenvalue weighted by Gasteiger charge is -2.26. The molecule has 0 saturated carbocycles. The number of furan rings is 1. The summed E-state index contributed by atoms with van der Waals surface area (Å²) >= 11 is 0. The molecule has 5 heteroatoms. The van der Waals surface area contributed by atoms with Gasteiger partial charge in [-0.15, -0.1) is 0 Å². The van der Waals surface area contributed by atoms with Crippen molar-refractivity contribution >= 4 is 28.6 Å². The number of rotatable bonds is 2. The van der Waals surface area contributed by atoms with E-state index >= 15 is 0 Å². The minimum absolute atomic E-state index is 0.0311. The average Bonchev–Trinajstić information content (AvgIpc) is 3.15. The lowest BCUT2D eigenvalue weighted by molar-refractivity contribution is -0.116. The number of nitrogens with one attached hydrogen (secondary N) is 2. The van der Waals surface area contributed by atoms with Crippen LogP contribution in [-0.4, -0.2) is 16.1 Å². The van der Waals surface area contributed by atoms with Crippen LogP contribution in [0.25, 0.3) is 17.0 Å². The highest BCUT2D eigenvalue weighted by Crippen LogP contribution is 2.39. The van der Waals surface area contributed by atoms with Crippen LogP contribution in [0.5, 0.6) is 0 Å². The zero-order valence-corrected chi connectivity index (χ0v) is 12.1. The Kier molecular flexibility index (Phi) is 2.85. The first kappa shape index (κ1) is 12.9. The zero-order valence-electron chi connectivity index (χ0n) is 12.1. The van der Waals surface area contributed by atoms with Gasteiger partial charge in [-0.2, -0.15) is 5.10 Å². The molecule has 0 spiro atoms. The van der Waals surface area contributed by atoms with Crippen molar-refractivity contribution in [3.63, 3.8) is 0 Å². The molecule has 0 fully saturated rings. The van der Waals surface area contributed by atoms with Crippen LogP contribution in [0.15, 0.2) is 46.7 Å². The number of fused-ring (bicyclic) bond motifs is 2. The largest absolute Gasteiger partial charge is 0.465 e. The maximum Gasteiger partial charge on any atom is 0.225 e. The molecule has 2 aromatic heterocycles. The molecule has 1 amide bonds. The summed E-state index contributed by atoms with van der Waals surface area (Å²) in [5, 5.41) is 11.0. The molecule has 22 heavy (non-hydrogen) atoms. The summed E-state index contributed by atoms with van der Waals surface area (Å²) in [4.78, 5) is 12.0.